The van der Waals surface area contributed by atoms with Crippen LogP contribution in [0.15, 0.2) is 12.7 Å². The number of ketones is 1. The number of Topliss-reactive ketones (excluding diaryl/α,β-unsaturated/α-hetero) is 1. The molecule has 0 spiro atoms. The smallest absolute Gasteiger partial charge is 0.132 e. The van der Waals surface area contributed by atoms with Gasteiger partial charge in [0.1, 0.15) is 5.78 Å². The Kier molecular flexibility index (Phi) is 8.61. The molecule has 0 heterocycles. The predicted octanol–water partition coefficient (Wildman–Crippen LogP) is 4.13. The fourth-order valence-electron chi connectivity index (χ4n) is 1.73. The van der Waals surface area contributed by atoms with Crippen LogP contribution in [-0.4, -0.2) is 5.78 Å². The maximum Gasteiger partial charge on any atom is 0.132 e. The molecular formula is C13H24O. The van der Waals surface area contributed by atoms with Crippen LogP contribution in [0.2, 0.25) is 0 Å². The van der Waals surface area contributed by atoms with Crippen molar-refractivity contribution in [1.82, 2.24) is 0 Å². The van der Waals surface area contributed by atoms with E-state index in [1.807, 2.05) is 6.08 Å². The van der Waals surface area contributed by atoms with Crippen molar-refractivity contribution in [2.24, 2.45) is 5.92 Å². The van der Waals surface area contributed by atoms with E-state index in [2.05, 4.69) is 13.5 Å². The standard InChI is InChI=1S/C13H24O/c1-4-6-7-8-9-10-11-13(5-2)12(3)14/h4,13H,1,5-11H2,2-3H3. The molecule has 0 amide bonds. The highest BCUT2D eigenvalue weighted by Gasteiger charge is 2.10. The van der Waals surface area contributed by atoms with Crippen LogP contribution in [0.1, 0.15) is 58.8 Å². The van der Waals surface area contributed by atoms with Crippen molar-refractivity contribution in [2.45, 2.75) is 58.8 Å². The third-order valence-corrected chi connectivity index (χ3v) is 2.78. The third-order valence-electron chi connectivity index (χ3n) is 2.78. The summed E-state index contributed by atoms with van der Waals surface area (Å²) in [4.78, 5) is 11.1. The summed E-state index contributed by atoms with van der Waals surface area (Å²) in [5.74, 6) is 0.674. The fourth-order valence-corrected chi connectivity index (χ4v) is 1.73. The van der Waals surface area contributed by atoms with Crippen LogP contribution < -0.4 is 0 Å². The molecule has 0 radical (unpaired) electrons. The summed E-state index contributed by atoms with van der Waals surface area (Å²) < 4.78 is 0. The summed E-state index contributed by atoms with van der Waals surface area (Å²) in [5.41, 5.74) is 0. The molecule has 14 heavy (non-hydrogen) atoms. The minimum absolute atomic E-state index is 0.314. The van der Waals surface area contributed by atoms with Gasteiger partial charge in [-0.05, 0) is 32.6 Å². The second kappa shape index (κ2) is 8.98. The number of hydrogen-bond donors (Lipinski definition) is 0. The lowest BCUT2D eigenvalue weighted by atomic mass is 9.95. The van der Waals surface area contributed by atoms with Crippen molar-refractivity contribution >= 4 is 5.78 Å². The minimum Gasteiger partial charge on any atom is -0.300 e. The van der Waals surface area contributed by atoms with Crippen LogP contribution in [0.3, 0.4) is 0 Å². The van der Waals surface area contributed by atoms with E-state index in [0.29, 0.717) is 11.7 Å². The predicted molar refractivity (Wildman–Crippen MR) is 62.4 cm³/mol. The fraction of sp³-hybridized carbons (Fsp3) is 0.769. The average Bonchev–Trinajstić information content (AvgIpc) is 2.16. The lowest BCUT2D eigenvalue weighted by molar-refractivity contribution is -0.121. The van der Waals surface area contributed by atoms with Crippen LogP contribution in [0.25, 0.3) is 0 Å². The maximum atomic E-state index is 11.1. The van der Waals surface area contributed by atoms with Crippen LogP contribution in [0, 0.1) is 5.92 Å². The van der Waals surface area contributed by atoms with Gasteiger partial charge in [0.05, 0.1) is 0 Å². The van der Waals surface area contributed by atoms with E-state index in [9.17, 15) is 4.79 Å². The Balaban J connectivity index is 3.33. The number of hydrogen-bond acceptors (Lipinski definition) is 1. The van der Waals surface area contributed by atoms with Gasteiger partial charge in [0.15, 0.2) is 0 Å². The molecule has 0 aliphatic carbocycles. The monoisotopic (exact) mass is 196 g/mol. The summed E-state index contributed by atoms with van der Waals surface area (Å²) in [7, 11) is 0. The number of carbonyl (C=O) groups is 1. The molecule has 0 rings (SSSR count). The molecule has 1 unspecified atom stereocenters. The lowest BCUT2D eigenvalue weighted by Crippen LogP contribution is -2.09. The molecule has 0 N–H and O–H groups in total. The quantitative estimate of drug-likeness (QED) is 0.400. The van der Waals surface area contributed by atoms with Gasteiger partial charge in [-0.2, -0.15) is 0 Å². The minimum atomic E-state index is 0.314. The van der Waals surface area contributed by atoms with Crippen LogP contribution >= 0.6 is 0 Å². The SMILES string of the molecule is C=CCCCCCCC(CC)C(C)=O. The number of allylic oxidation sites excluding steroid dienone is 1. The van der Waals surface area contributed by atoms with E-state index in [-0.39, 0.29) is 0 Å². The van der Waals surface area contributed by atoms with Gasteiger partial charge in [0.25, 0.3) is 0 Å². The van der Waals surface area contributed by atoms with Gasteiger partial charge >= 0.3 is 0 Å². The second-order valence-corrected chi connectivity index (χ2v) is 4.00. The zero-order chi connectivity index (χ0) is 10.8. The average molecular weight is 196 g/mol. The van der Waals surface area contributed by atoms with Gasteiger partial charge in [-0.3, -0.25) is 4.79 Å². The first-order chi connectivity index (χ1) is 6.72. The lowest BCUT2D eigenvalue weighted by Gasteiger charge is -2.10. The van der Waals surface area contributed by atoms with Crippen molar-refractivity contribution in [3.63, 3.8) is 0 Å². The van der Waals surface area contributed by atoms with Crippen LogP contribution in [-0.2, 0) is 4.79 Å². The van der Waals surface area contributed by atoms with E-state index in [0.717, 1.165) is 19.3 Å². The van der Waals surface area contributed by atoms with E-state index < -0.39 is 0 Å². The molecule has 0 aromatic heterocycles. The highest BCUT2D eigenvalue weighted by molar-refractivity contribution is 5.78. The number of unbranched alkanes of at least 4 members (excludes halogenated alkanes) is 4. The molecule has 1 heteroatoms. The maximum absolute atomic E-state index is 11.1. The van der Waals surface area contributed by atoms with Crippen molar-refractivity contribution in [1.29, 1.82) is 0 Å². The molecule has 0 aliphatic rings. The first-order valence-corrected chi connectivity index (χ1v) is 5.83. The summed E-state index contributed by atoms with van der Waals surface area (Å²) in [6.07, 6.45) is 10.2. The first kappa shape index (κ1) is 13.4. The zero-order valence-electron chi connectivity index (χ0n) is 9.72. The molecular weight excluding hydrogens is 172 g/mol. The highest BCUT2D eigenvalue weighted by atomic mass is 16.1. The van der Waals surface area contributed by atoms with E-state index in [1.165, 1.54) is 25.7 Å². The molecule has 1 atom stereocenters. The van der Waals surface area contributed by atoms with Gasteiger partial charge < -0.3 is 0 Å². The van der Waals surface area contributed by atoms with Crippen molar-refractivity contribution < 1.29 is 4.79 Å². The van der Waals surface area contributed by atoms with Crippen molar-refractivity contribution in [2.75, 3.05) is 0 Å². The molecule has 82 valence electrons. The Morgan fingerprint density at radius 1 is 1.29 bits per heavy atom. The topological polar surface area (TPSA) is 17.1 Å². The zero-order valence-corrected chi connectivity index (χ0v) is 9.72. The number of carbonyl (C=O) groups excluding carboxylic acids is 1. The van der Waals surface area contributed by atoms with Gasteiger partial charge in [0, 0.05) is 5.92 Å². The summed E-state index contributed by atoms with van der Waals surface area (Å²) >= 11 is 0. The third kappa shape index (κ3) is 6.88. The first-order valence-electron chi connectivity index (χ1n) is 5.83. The molecule has 0 aliphatic heterocycles. The normalized spacial score (nSPS) is 12.4. The van der Waals surface area contributed by atoms with Gasteiger partial charge in [0.2, 0.25) is 0 Å². The van der Waals surface area contributed by atoms with E-state index >= 15 is 0 Å². The summed E-state index contributed by atoms with van der Waals surface area (Å²) in [6, 6.07) is 0. The molecule has 0 aromatic rings. The van der Waals surface area contributed by atoms with Crippen molar-refractivity contribution in [3.05, 3.63) is 12.7 Å². The van der Waals surface area contributed by atoms with Crippen molar-refractivity contribution in [3.8, 4) is 0 Å². The largest absolute Gasteiger partial charge is 0.300 e. The Morgan fingerprint density at radius 3 is 2.43 bits per heavy atom. The van der Waals surface area contributed by atoms with Gasteiger partial charge in [-0.15, -0.1) is 6.58 Å². The Bertz CT molecular complexity index is 161. The van der Waals surface area contributed by atoms with Gasteiger partial charge in [-0.1, -0.05) is 32.3 Å². The van der Waals surface area contributed by atoms with E-state index in [4.69, 9.17) is 0 Å². The molecule has 0 saturated heterocycles. The van der Waals surface area contributed by atoms with Gasteiger partial charge in [-0.25, -0.2) is 0 Å². The highest BCUT2D eigenvalue weighted by Crippen LogP contribution is 2.15. The molecule has 0 aromatic carbocycles. The Morgan fingerprint density at radius 2 is 1.93 bits per heavy atom. The summed E-state index contributed by atoms with van der Waals surface area (Å²) in [6.45, 7) is 7.51. The Hall–Kier alpha value is -0.590. The summed E-state index contributed by atoms with van der Waals surface area (Å²) in [5, 5.41) is 0. The molecule has 0 fully saturated rings. The molecule has 0 bridgehead atoms. The second-order valence-electron chi connectivity index (χ2n) is 4.00. The molecule has 0 saturated carbocycles. The van der Waals surface area contributed by atoms with Crippen LogP contribution in [0.4, 0.5) is 0 Å². The molecule has 1 nitrogen and oxygen atoms in total. The van der Waals surface area contributed by atoms with E-state index in [1.54, 1.807) is 6.92 Å². The van der Waals surface area contributed by atoms with Crippen LogP contribution in [0.5, 0.6) is 0 Å². The number of rotatable bonds is 9. The Labute approximate surface area is 88.6 Å².